The first kappa shape index (κ1) is 22.9. The molecular formula is C23H28N4O3S. The summed E-state index contributed by atoms with van der Waals surface area (Å²) in [7, 11) is -3.40. The number of rotatable bonds is 8. The van der Waals surface area contributed by atoms with Crippen molar-refractivity contribution in [2.75, 3.05) is 37.6 Å². The molecule has 0 spiro atoms. The lowest BCUT2D eigenvalue weighted by molar-refractivity contribution is -0.123. The van der Waals surface area contributed by atoms with Crippen LogP contribution in [0.25, 0.3) is 0 Å². The Hall–Kier alpha value is -2.73. The Morgan fingerprint density at radius 2 is 1.61 bits per heavy atom. The minimum absolute atomic E-state index is 0.0156. The number of hydrogen-bond donors (Lipinski definition) is 0. The monoisotopic (exact) mass is 440 g/mol. The molecule has 0 unspecified atom stereocenters. The lowest BCUT2D eigenvalue weighted by Gasteiger charge is -2.38. The van der Waals surface area contributed by atoms with Crippen molar-refractivity contribution in [3.05, 3.63) is 66.2 Å². The molecule has 2 aromatic carbocycles. The largest absolute Gasteiger partial charge is 0.310 e. The van der Waals surface area contributed by atoms with Crippen LogP contribution in [0.5, 0.6) is 0 Å². The number of amides is 1. The molecule has 1 saturated heterocycles. The number of hydrogen-bond acceptors (Lipinski definition) is 5. The van der Waals surface area contributed by atoms with Gasteiger partial charge in [-0.05, 0) is 24.6 Å². The van der Waals surface area contributed by atoms with Crippen molar-refractivity contribution in [3.63, 3.8) is 0 Å². The Labute approximate surface area is 184 Å². The third-order valence-electron chi connectivity index (χ3n) is 5.54. The third kappa shape index (κ3) is 5.91. The summed E-state index contributed by atoms with van der Waals surface area (Å²) in [4.78, 5) is 16.9. The van der Waals surface area contributed by atoms with Gasteiger partial charge in [-0.2, -0.15) is 9.57 Å². The van der Waals surface area contributed by atoms with E-state index in [1.807, 2.05) is 72.5 Å². The van der Waals surface area contributed by atoms with E-state index in [1.165, 1.54) is 4.31 Å². The average molecular weight is 441 g/mol. The van der Waals surface area contributed by atoms with Crippen molar-refractivity contribution >= 4 is 21.6 Å². The van der Waals surface area contributed by atoms with Gasteiger partial charge in [-0.1, -0.05) is 48.5 Å². The number of benzene rings is 2. The van der Waals surface area contributed by atoms with E-state index in [-0.39, 0.29) is 18.1 Å². The first-order valence-corrected chi connectivity index (χ1v) is 12.0. The van der Waals surface area contributed by atoms with Crippen molar-refractivity contribution in [1.82, 2.24) is 9.21 Å². The van der Waals surface area contributed by atoms with E-state index >= 15 is 0 Å². The van der Waals surface area contributed by atoms with Crippen LogP contribution in [0.15, 0.2) is 60.7 Å². The smallest absolute Gasteiger partial charge is 0.244 e. The SMILES string of the molecule is C[C@H](C(=O)N(CCC#N)c1ccccc1)N1CCN(S(=O)(=O)Cc2ccccc2)CC1. The van der Waals surface area contributed by atoms with Crippen LogP contribution in [0, 0.1) is 11.3 Å². The van der Waals surface area contributed by atoms with E-state index in [0.717, 1.165) is 11.3 Å². The van der Waals surface area contributed by atoms with E-state index in [1.54, 1.807) is 4.90 Å². The number of carbonyl (C=O) groups is 1. The molecule has 164 valence electrons. The Morgan fingerprint density at radius 3 is 2.19 bits per heavy atom. The number of carbonyl (C=O) groups excluding carboxylic acids is 1. The first-order chi connectivity index (χ1) is 14.9. The number of nitrogens with zero attached hydrogens (tertiary/aromatic N) is 4. The molecule has 31 heavy (non-hydrogen) atoms. The van der Waals surface area contributed by atoms with Crippen molar-refractivity contribution < 1.29 is 13.2 Å². The van der Waals surface area contributed by atoms with Crippen molar-refractivity contribution in [2.45, 2.75) is 25.1 Å². The molecule has 8 heteroatoms. The van der Waals surface area contributed by atoms with Crippen LogP contribution in [0.2, 0.25) is 0 Å². The maximum atomic E-state index is 13.2. The normalized spacial score (nSPS) is 16.4. The maximum absolute atomic E-state index is 13.2. The molecule has 0 bridgehead atoms. The fraction of sp³-hybridized carbons (Fsp3) is 0.391. The fourth-order valence-electron chi connectivity index (χ4n) is 3.76. The highest BCUT2D eigenvalue weighted by atomic mass is 32.2. The molecule has 1 aliphatic rings. The Balaban J connectivity index is 1.62. The molecule has 0 radical (unpaired) electrons. The van der Waals surface area contributed by atoms with Crippen LogP contribution in [0.1, 0.15) is 18.9 Å². The molecule has 0 saturated carbocycles. The van der Waals surface area contributed by atoms with Gasteiger partial charge in [0, 0.05) is 38.4 Å². The predicted molar refractivity (Wildman–Crippen MR) is 121 cm³/mol. The highest BCUT2D eigenvalue weighted by Crippen LogP contribution is 2.19. The van der Waals surface area contributed by atoms with Crippen LogP contribution in [-0.2, 0) is 20.6 Å². The summed E-state index contributed by atoms with van der Waals surface area (Å²) in [6.45, 7) is 3.87. The standard InChI is InChI=1S/C23H28N4O3S/c1-20(23(28)27(14-8-13-24)22-11-6-3-7-12-22)25-15-17-26(18-16-25)31(29,30)19-21-9-4-2-5-10-21/h2-7,9-12,20H,8,14-19H2,1H3/t20-/m1/s1. The van der Waals surface area contributed by atoms with Gasteiger partial charge in [0.25, 0.3) is 0 Å². The number of sulfonamides is 1. The fourth-order valence-corrected chi connectivity index (χ4v) is 5.28. The zero-order valence-electron chi connectivity index (χ0n) is 17.7. The van der Waals surface area contributed by atoms with Crippen molar-refractivity contribution in [1.29, 1.82) is 5.26 Å². The highest BCUT2D eigenvalue weighted by Gasteiger charge is 2.32. The molecule has 2 aromatic rings. The molecule has 1 amide bonds. The first-order valence-electron chi connectivity index (χ1n) is 10.4. The van der Waals surface area contributed by atoms with E-state index in [4.69, 9.17) is 5.26 Å². The summed E-state index contributed by atoms with van der Waals surface area (Å²) < 4.78 is 27.1. The van der Waals surface area contributed by atoms with Gasteiger partial charge in [-0.3, -0.25) is 9.69 Å². The number of piperazine rings is 1. The molecule has 0 N–H and O–H groups in total. The second-order valence-corrected chi connectivity index (χ2v) is 9.56. The van der Waals surface area contributed by atoms with Gasteiger partial charge < -0.3 is 4.90 Å². The molecule has 1 fully saturated rings. The van der Waals surface area contributed by atoms with E-state index < -0.39 is 16.1 Å². The van der Waals surface area contributed by atoms with Crippen LogP contribution < -0.4 is 4.90 Å². The van der Waals surface area contributed by atoms with Gasteiger partial charge in [-0.25, -0.2) is 8.42 Å². The molecule has 7 nitrogen and oxygen atoms in total. The van der Waals surface area contributed by atoms with Crippen LogP contribution in [0.3, 0.4) is 0 Å². The zero-order chi connectivity index (χ0) is 22.3. The van der Waals surface area contributed by atoms with Gasteiger partial charge >= 0.3 is 0 Å². The van der Waals surface area contributed by atoms with Crippen LogP contribution in [0.4, 0.5) is 5.69 Å². The van der Waals surface area contributed by atoms with Gasteiger partial charge in [0.05, 0.1) is 24.3 Å². The summed E-state index contributed by atoms with van der Waals surface area (Å²) in [5, 5.41) is 8.98. The summed E-state index contributed by atoms with van der Waals surface area (Å²) in [6.07, 6.45) is 0.249. The van der Waals surface area contributed by atoms with Gasteiger partial charge in [0.1, 0.15) is 0 Å². The number of para-hydroxylation sites is 1. The second kappa shape index (κ2) is 10.5. The Bertz CT molecular complexity index is 998. The molecular weight excluding hydrogens is 412 g/mol. The molecule has 0 aliphatic carbocycles. The highest BCUT2D eigenvalue weighted by molar-refractivity contribution is 7.88. The van der Waals surface area contributed by atoms with Crippen molar-refractivity contribution in [3.8, 4) is 6.07 Å². The van der Waals surface area contributed by atoms with Gasteiger partial charge in [0.15, 0.2) is 0 Å². The average Bonchev–Trinajstić information content (AvgIpc) is 2.80. The van der Waals surface area contributed by atoms with Gasteiger partial charge in [0.2, 0.25) is 15.9 Å². The topological polar surface area (TPSA) is 84.7 Å². The quantitative estimate of drug-likeness (QED) is 0.630. The summed E-state index contributed by atoms with van der Waals surface area (Å²) in [6, 6.07) is 20.2. The Morgan fingerprint density at radius 1 is 1.03 bits per heavy atom. The summed E-state index contributed by atoms with van der Waals surface area (Å²) in [5.41, 5.74) is 1.53. The molecule has 1 aliphatic heterocycles. The van der Waals surface area contributed by atoms with E-state index in [2.05, 4.69) is 6.07 Å². The summed E-state index contributed by atoms with van der Waals surface area (Å²) >= 11 is 0. The lowest BCUT2D eigenvalue weighted by Crippen LogP contribution is -2.55. The number of nitriles is 1. The lowest BCUT2D eigenvalue weighted by atomic mass is 10.2. The van der Waals surface area contributed by atoms with E-state index in [9.17, 15) is 13.2 Å². The number of anilines is 1. The molecule has 0 aromatic heterocycles. The van der Waals surface area contributed by atoms with Crippen LogP contribution >= 0.6 is 0 Å². The zero-order valence-corrected chi connectivity index (χ0v) is 18.5. The van der Waals surface area contributed by atoms with Crippen molar-refractivity contribution in [2.24, 2.45) is 0 Å². The maximum Gasteiger partial charge on any atom is 0.244 e. The molecule has 1 atom stereocenters. The third-order valence-corrected chi connectivity index (χ3v) is 7.39. The predicted octanol–water partition coefficient (Wildman–Crippen LogP) is 2.47. The van der Waals surface area contributed by atoms with Crippen LogP contribution in [-0.4, -0.2) is 62.3 Å². The minimum Gasteiger partial charge on any atom is -0.310 e. The minimum atomic E-state index is -3.40. The Kier molecular flexibility index (Phi) is 7.80. The summed E-state index contributed by atoms with van der Waals surface area (Å²) in [5.74, 6) is -0.0970. The molecule has 1 heterocycles. The van der Waals surface area contributed by atoms with E-state index in [0.29, 0.717) is 32.7 Å². The second-order valence-electron chi connectivity index (χ2n) is 7.59. The van der Waals surface area contributed by atoms with Gasteiger partial charge in [-0.15, -0.1) is 0 Å². The molecule has 3 rings (SSSR count).